The highest BCUT2D eigenvalue weighted by molar-refractivity contribution is 6.33. The molecule has 1 N–H and O–H groups in total. The molecule has 0 radical (unpaired) electrons. The molecule has 19 heavy (non-hydrogen) atoms. The molecule has 1 amide bonds. The molecule has 1 aromatic heterocycles. The predicted octanol–water partition coefficient (Wildman–Crippen LogP) is 2.81. The van der Waals surface area contributed by atoms with Gasteiger partial charge in [0.2, 0.25) is 0 Å². The quantitative estimate of drug-likeness (QED) is 0.691. The number of benzene rings is 1. The fourth-order valence-corrected chi connectivity index (χ4v) is 1.80. The Labute approximate surface area is 116 Å². The summed E-state index contributed by atoms with van der Waals surface area (Å²) in [5, 5.41) is 4.27. The van der Waals surface area contributed by atoms with Gasteiger partial charge in [-0.15, -0.1) is 0 Å². The largest absolute Gasteiger partial charge is 0.272 e. The van der Waals surface area contributed by atoms with Gasteiger partial charge in [0.15, 0.2) is 0 Å². The van der Waals surface area contributed by atoms with Crippen LogP contribution in [0.3, 0.4) is 0 Å². The Balaban J connectivity index is 2.04. The number of carbonyl (C=O) groups excluding carboxylic acids is 1. The third kappa shape index (κ3) is 3.63. The topological polar surface area (TPSA) is 54.4 Å². The second-order valence-electron chi connectivity index (χ2n) is 3.97. The maximum Gasteiger partial charge on any atom is 0.272 e. The Morgan fingerprint density at radius 2 is 2.26 bits per heavy atom. The lowest BCUT2D eigenvalue weighted by atomic mass is 10.1. The van der Waals surface area contributed by atoms with E-state index in [1.165, 1.54) is 6.21 Å². The Hall–Kier alpha value is -2.20. The van der Waals surface area contributed by atoms with E-state index in [4.69, 9.17) is 11.6 Å². The fraction of sp³-hybridized carbons (Fsp3) is 0.0714. The van der Waals surface area contributed by atoms with Crippen LogP contribution >= 0.6 is 11.6 Å². The Morgan fingerprint density at radius 1 is 1.42 bits per heavy atom. The van der Waals surface area contributed by atoms with Gasteiger partial charge in [-0.2, -0.15) is 5.10 Å². The summed E-state index contributed by atoms with van der Waals surface area (Å²) in [6, 6.07) is 8.86. The minimum atomic E-state index is -0.342. The summed E-state index contributed by atoms with van der Waals surface area (Å²) in [6.07, 6.45) is 4.84. The maximum absolute atomic E-state index is 11.8. The van der Waals surface area contributed by atoms with Gasteiger partial charge in [0.25, 0.3) is 5.91 Å². The summed E-state index contributed by atoms with van der Waals surface area (Å²) in [5.41, 5.74) is 4.63. The van der Waals surface area contributed by atoms with Crippen LogP contribution in [-0.2, 0) is 0 Å². The van der Waals surface area contributed by atoms with Crippen LogP contribution in [-0.4, -0.2) is 17.1 Å². The van der Waals surface area contributed by atoms with E-state index >= 15 is 0 Å². The van der Waals surface area contributed by atoms with Crippen molar-refractivity contribution in [2.45, 2.75) is 6.92 Å². The molecule has 2 rings (SSSR count). The van der Waals surface area contributed by atoms with E-state index in [-0.39, 0.29) is 5.91 Å². The highest BCUT2D eigenvalue weighted by Gasteiger charge is 2.08. The van der Waals surface area contributed by atoms with E-state index < -0.39 is 0 Å². The summed E-state index contributed by atoms with van der Waals surface area (Å²) in [6.45, 7) is 1.91. The average molecular weight is 274 g/mol. The first-order chi connectivity index (χ1) is 9.16. The number of aryl methyl sites for hydroxylation is 1. The van der Waals surface area contributed by atoms with E-state index in [0.29, 0.717) is 10.6 Å². The van der Waals surface area contributed by atoms with Crippen LogP contribution in [0.1, 0.15) is 21.5 Å². The van der Waals surface area contributed by atoms with Crippen molar-refractivity contribution >= 4 is 23.7 Å². The summed E-state index contributed by atoms with van der Waals surface area (Å²) >= 11 is 6.00. The number of amides is 1. The normalized spacial score (nSPS) is 10.6. The standard InChI is InChI=1S/C14H12ClN3O/c1-10-4-5-12(13(15)7-10)14(19)18-17-9-11-3-2-6-16-8-11/h2-9H,1H3,(H,18,19)/b17-9+. The molecule has 0 aliphatic carbocycles. The van der Waals surface area contributed by atoms with Crippen molar-refractivity contribution in [2.24, 2.45) is 5.10 Å². The van der Waals surface area contributed by atoms with E-state index in [9.17, 15) is 4.79 Å². The minimum absolute atomic E-state index is 0.342. The molecule has 0 bridgehead atoms. The van der Waals surface area contributed by atoms with Crippen molar-refractivity contribution in [3.8, 4) is 0 Å². The molecular formula is C14H12ClN3O. The minimum Gasteiger partial charge on any atom is -0.267 e. The molecule has 0 aliphatic rings. The van der Waals surface area contributed by atoms with Gasteiger partial charge < -0.3 is 0 Å². The molecule has 2 aromatic rings. The van der Waals surface area contributed by atoms with Gasteiger partial charge >= 0.3 is 0 Å². The molecule has 4 nitrogen and oxygen atoms in total. The van der Waals surface area contributed by atoms with Crippen molar-refractivity contribution in [2.75, 3.05) is 0 Å². The fourth-order valence-electron chi connectivity index (χ4n) is 1.48. The number of hydrogen-bond acceptors (Lipinski definition) is 3. The molecule has 0 unspecified atom stereocenters. The molecule has 96 valence electrons. The van der Waals surface area contributed by atoms with E-state index in [0.717, 1.165) is 11.1 Å². The number of hydrazone groups is 1. The Morgan fingerprint density at radius 3 is 2.95 bits per heavy atom. The van der Waals surface area contributed by atoms with Crippen molar-refractivity contribution in [1.29, 1.82) is 0 Å². The summed E-state index contributed by atoms with van der Waals surface area (Å²) in [7, 11) is 0. The van der Waals surface area contributed by atoms with Gasteiger partial charge in [-0.25, -0.2) is 5.43 Å². The van der Waals surface area contributed by atoms with Gasteiger partial charge in [-0.1, -0.05) is 23.7 Å². The number of rotatable bonds is 3. The van der Waals surface area contributed by atoms with Crippen LogP contribution in [0.2, 0.25) is 5.02 Å². The third-order valence-electron chi connectivity index (χ3n) is 2.43. The molecule has 0 spiro atoms. The second-order valence-corrected chi connectivity index (χ2v) is 4.38. The molecule has 0 atom stereocenters. The highest BCUT2D eigenvalue weighted by atomic mass is 35.5. The molecule has 1 aromatic carbocycles. The van der Waals surface area contributed by atoms with Crippen molar-refractivity contribution < 1.29 is 4.79 Å². The maximum atomic E-state index is 11.8. The molecule has 0 saturated heterocycles. The zero-order chi connectivity index (χ0) is 13.7. The van der Waals surface area contributed by atoms with Crippen molar-refractivity contribution in [3.63, 3.8) is 0 Å². The van der Waals surface area contributed by atoms with Gasteiger partial charge in [0, 0.05) is 18.0 Å². The SMILES string of the molecule is Cc1ccc(C(=O)N/N=C/c2cccnc2)c(Cl)c1. The zero-order valence-electron chi connectivity index (χ0n) is 10.3. The Bertz CT molecular complexity index is 611. The summed E-state index contributed by atoms with van der Waals surface area (Å²) in [4.78, 5) is 15.8. The van der Waals surface area contributed by atoms with Crippen LogP contribution in [0.5, 0.6) is 0 Å². The van der Waals surface area contributed by atoms with Crippen LogP contribution in [0, 0.1) is 6.92 Å². The molecular weight excluding hydrogens is 262 g/mol. The van der Waals surface area contributed by atoms with Gasteiger partial charge in [0.1, 0.15) is 0 Å². The second kappa shape index (κ2) is 6.11. The smallest absolute Gasteiger partial charge is 0.267 e. The van der Waals surface area contributed by atoms with E-state index in [1.807, 2.05) is 19.1 Å². The first-order valence-electron chi connectivity index (χ1n) is 5.66. The molecule has 0 saturated carbocycles. The lowest BCUT2D eigenvalue weighted by Gasteiger charge is -2.03. The monoisotopic (exact) mass is 273 g/mol. The van der Waals surface area contributed by atoms with Crippen molar-refractivity contribution in [3.05, 3.63) is 64.4 Å². The van der Waals surface area contributed by atoms with Gasteiger partial charge in [0.05, 0.1) is 16.8 Å². The van der Waals surface area contributed by atoms with E-state index in [2.05, 4.69) is 15.5 Å². The molecule has 5 heteroatoms. The summed E-state index contributed by atoms with van der Waals surface area (Å²) in [5.74, 6) is -0.342. The Kier molecular flexibility index (Phi) is 4.26. The number of hydrogen-bond donors (Lipinski definition) is 1. The lowest BCUT2D eigenvalue weighted by Crippen LogP contribution is -2.18. The average Bonchev–Trinajstić information content (AvgIpc) is 2.39. The van der Waals surface area contributed by atoms with Crippen LogP contribution < -0.4 is 5.43 Å². The highest BCUT2D eigenvalue weighted by Crippen LogP contribution is 2.17. The number of halogens is 1. The number of nitrogens with one attached hydrogen (secondary N) is 1. The van der Waals surface area contributed by atoms with Gasteiger partial charge in [-0.05, 0) is 30.7 Å². The molecule has 1 heterocycles. The summed E-state index contributed by atoms with van der Waals surface area (Å²) < 4.78 is 0. The first-order valence-corrected chi connectivity index (χ1v) is 6.04. The predicted molar refractivity (Wildman–Crippen MR) is 75.5 cm³/mol. The first kappa shape index (κ1) is 13.2. The van der Waals surface area contributed by atoms with E-state index in [1.54, 1.807) is 30.6 Å². The number of pyridine rings is 1. The van der Waals surface area contributed by atoms with Crippen LogP contribution in [0.25, 0.3) is 0 Å². The molecule has 0 fully saturated rings. The van der Waals surface area contributed by atoms with Crippen LogP contribution in [0.4, 0.5) is 0 Å². The van der Waals surface area contributed by atoms with Crippen LogP contribution in [0.15, 0.2) is 47.8 Å². The molecule has 0 aliphatic heterocycles. The number of aromatic nitrogens is 1. The van der Waals surface area contributed by atoms with Gasteiger partial charge in [-0.3, -0.25) is 9.78 Å². The number of nitrogens with zero attached hydrogens (tertiary/aromatic N) is 2. The lowest BCUT2D eigenvalue weighted by molar-refractivity contribution is 0.0955. The van der Waals surface area contributed by atoms with Crippen molar-refractivity contribution in [1.82, 2.24) is 10.4 Å². The third-order valence-corrected chi connectivity index (χ3v) is 2.75. The zero-order valence-corrected chi connectivity index (χ0v) is 11.1. The number of carbonyl (C=O) groups is 1.